The number of nitrogens with one attached hydrogen (secondary N) is 1. The number of carbonyl (C=O) groups is 2. The molecule has 116 valence electrons. The summed E-state index contributed by atoms with van der Waals surface area (Å²) in [5.41, 5.74) is 5.39. The number of anilines is 1. The molecule has 0 saturated carbocycles. The highest BCUT2D eigenvalue weighted by molar-refractivity contribution is 5.98. The number of carbonyl (C=O) groups excluding carboxylic acids is 1. The average Bonchev–Trinajstić information content (AvgIpc) is 2.37. The maximum Gasteiger partial charge on any atom is 0.306 e. The lowest BCUT2D eigenvalue weighted by molar-refractivity contribution is -0.141. The summed E-state index contributed by atoms with van der Waals surface area (Å²) < 4.78 is 13.6. The van der Waals surface area contributed by atoms with E-state index in [-0.39, 0.29) is 17.5 Å². The average molecular weight is 296 g/mol. The van der Waals surface area contributed by atoms with E-state index in [4.69, 9.17) is 10.8 Å². The van der Waals surface area contributed by atoms with E-state index in [0.717, 1.165) is 6.42 Å². The van der Waals surface area contributed by atoms with E-state index in [1.165, 1.54) is 12.1 Å². The molecule has 1 amide bonds. The molecule has 2 unspecified atom stereocenters. The minimum absolute atomic E-state index is 0.0223. The van der Waals surface area contributed by atoms with Gasteiger partial charge in [0.15, 0.2) is 0 Å². The van der Waals surface area contributed by atoms with Crippen LogP contribution in [0.3, 0.4) is 0 Å². The number of primary amides is 1. The second-order valence-corrected chi connectivity index (χ2v) is 5.24. The van der Waals surface area contributed by atoms with Crippen LogP contribution < -0.4 is 11.1 Å². The van der Waals surface area contributed by atoms with Gasteiger partial charge in [-0.25, -0.2) is 4.39 Å². The molecule has 0 aliphatic heterocycles. The molecule has 4 N–H and O–H groups in total. The van der Waals surface area contributed by atoms with Crippen molar-refractivity contribution in [2.45, 2.75) is 39.2 Å². The molecular weight excluding hydrogens is 275 g/mol. The van der Waals surface area contributed by atoms with Gasteiger partial charge in [0.25, 0.3) is 5.91 Å². The molecule has 2 atom stereocenters. The van der Waals surface area contributed by atoms with Crippen molar-refractivity contribution < 1.29 is 19.1 Å². The van der Waals surface area contributed by atoms with Crippen LogP contribution in [0.15, 0.2) is 18.2 Å². The van der Waals surface area contributed by atoms with Crippen molar-refractivity contribution in [3.05, 3.63) is 29.6 Å². The fourth-order valence-corrected chi connectivity index (χ4v) is 2.09. The first kappa shape index (κ1) is 16.9. The first-order valence-corrected chi connectivity index (χ1v) is 6.90. The summed E-state index contributed by atoms with van der Waals surface area (Å²) >= 11 is 0. The van der Waals surface area contributed by atoms with Crippen LogP contribution >= 0.6 is 0 Å². The van der Waals surface area contributed by atoms with Gasteiger partial charge in [-0.1, -0.05) is 19.4 Å². The summed E-state index contributed by atoms with van der Waals surface area (Å²) in [6, 6.07) is 4.26. The molecule has 0 aliphatic rings. The Morgan fingerprint density at radius 3 is 2.57 bits per heavy atom. The van der Waals surface area contributed by atoms with Crippen LogP contribution in [0.25, 0.3) is 0 Å². The molecule has 1 rings (SSSR count). The van der Waals surface area contributed by atoms with Gasteiger partial charge >= 0.3 is 5.97 Å². The molecule has 0 bridgehead atoms. The highest BCUT2D eigenvalue weighted by Crippen LogP contribution is 2.20. The largest absolute Gasteiger partial charge is 0.481 e. The van der Waals surface area contributed by atoms with Gasteiger partial charge in [-0.2, -0.15) is 0 Å². The minimum Gasteiger partial charge on any atom is -0.481 e. The Morgan fingerprint density at radius 1 is 1.33 bits per heavy atom. The van der Waals surface area contributed by atoms with Crippen LogP contribution in [0.4, 0.5) is 10.1 Å². The first-order chi connectivity index (χ1) is 9.82. The molecule has 6 heteroatoms. The third kappa shape index (κ3) is 5.06. The van der Waals surface area contributed by atoms with Crippen molar-refractivity contribution in [1.29, 1.82) is 0 Å². The van der Waals surface area contributed by atoms with E-state index in [1.807, 2.05) is 6.92 Å². The van der Waals surface area contributed by atoms with E-state index < -0.39 is 17.7 Å². The zero-order valence-corrected chi connectivity index (χ0v) is 12.2. The van der Waals surface area contributed by atoms with Crippen molar-refractivity contribution in [3.8, 4) is 0 Å². The number of halogens is 1. The van der Waals surface area contributed by atoms with Crippen LogP contribution in [0.1, 0.15) is 43.5 Å². The quantitative estimate of drug-likeness (QED) is 0.687. The molecule has 0 radical (unpaired) electrons. The third-order valence-electron chi connectivity index (χ3n) is 3.36. The standard InChI is InChI=1S/C15H21FN2O3/c1-9(15(20)21)5-3-6-10(2)18-12-8-4-7-11(16)13(12)14(17)19/h4,7-10,18H,3,5-6H2,1-2H3,(H2,17,19)(H,20,21). The van der Waals surface area contributed by atoms with E-state index in [9.17, 15) is 14.0 Å². The van der Waals surface area contributed by atoms with Crippen LogP contribution in [-0.2, 0) is 4.79 Å². The van der Waals surface area contributed by atoms with E-state index >= 15 is 0 Å². The van der Waals surface area contributed by atoms with Crippen LogP contribution in [0.5, 0.6) is 0 Å². The van der Waals surface area contributed by atoms with Gasteiger partial charge in [0.1, 0.15) is 5.82 Å². The zero-order chi connectivity index (χ0) is 16.0. The number of hydrogen-bond donors (Lipinski definition) is 3. The number of amides is 1. The van der Waals surface area contributed by atoms with Gasteiger partial charge in [-0.05, 0) is 31.9 Å². The minimum atomic E-state index is -0.817. The van der Waals surface area contributed by atoms with Crippen LogP contribution in [-0.4, -0.2) is 23.0 Å². The summed E-state index contributed by atoms with van der Waals surface area (Å²) in [6.07, 6.45) is 2.02. The maximum absolute atomic E-state index is 13.6. The summed E-state index contributed by atoms with van der Waals surface area (Å²) in [7, 11) is 0. The molecule has 0 aromatic heterocycles. The number of carboxylic acids is 1. The third-order valence-corrected chi connectivity index (χ3v) is 3.36. The van der Waals surface area contributed by atoms with E-state index in [2.05, 4.69) is 5.32 Å². The zero-order valence-electron chi connectivity index (χ0n) is 12.2. The van der Waals surface area contributed by atoms with Crippen molar-refractivity contribution >= 4 is 17.6 Å². The second kappa shape index (κ2) is 7.61. The number of hydrogen-bond acceptors (Lipinski definition) is 3. The number of benzene rings is 1. The normalized spacial score (nSPS) is 13.5. The van der Waals surface area contributed by atoms with E-state index in [0.29, 0.717) is 18.5 Å². The monoisotopic (exact) mass is 296 g/mol. The molecule has 21 heavy (non-hydrogen) atoms. The fraction of sp³-hybridized carbons (Fsp3) is 0.467. The Balaban J connectivity index is 2.59. The molecule has 0 saturated heterocycles. The molecule has 0 aliphatic carbocycles. The summed E-state index contributed by atoms with van der Waals surface area (Å²) in [5, 5.41) is 11.8. The van der Waals surface area contributed by atoms with Crippen LogP contribution in [0.2, 0.25) is 0 Å². The van der Waals surface area contributed by atoms with Crippen molar-refractivity contribution in [2.75, 3.05) is 5.32 Å². The Kier molecular flexibility index (Phi) is 6.14. The van der Waals surface area contributed by atoms with Gasteiger partial charge < -0.3 is 16.2 Å². The fourth-order valence-electron chi connectivity index (χ4n) is 2.09. The lowest BCUT2D eigenvalue weighted by Gasteiger charge is -2.18. The molecule has 1 aromatic carbocycles. The van der Waals surface area contributed by atoms with Crippen molar-refractivity contribution in [1.82, 2.24) is 0 Å². The number of carboxylic acid groups (broad SMARTS) is 1. The highest BCUT2D eigenvalue weighted by Gasteiger charge is 2.16. The molecule has 5 nitrogen and oxygen atoms in total. The molecule has 0 spiro atoms. The highest BCUT2D eigenvalue weighted by atomic mass is 19.1. The summed E-state index contributed by atoms with van der Waals surface area (Å²) in [5.74, 6) is -2.66. The lowest BCUT2D eigenvalue weighted by atomic mass is 10.0. The van der Waals surface area contributed by atoms with Crippen molar-refractivity contribution in [3.63, 3.8) is 0 Å². The molecular formula is C15H21FN2O3. The van der Waals surface area contributed by atoms with E-state index in [1.54, 1.807) is 13.0 Å². The smallest absolute Gasteiger partial charge is 0.306 e. The number of rotatable bonds is 8. The topological polar surface area (TPSA) is 92.4 Å². The van der Waals surface area contributed by atoms with Gasteiger partial charge in [-0.15, -0.1) is 0 Å². The molecule has 1 aromatic rings. The Hall–Kier alpha value is -2.11. The first-order valence-electron chi connectivity index (χ1n) is 6.90. The SMILES string of the molecule is CC(CCCC(C)C(=O)O)Nc1cccc(F)c1C(N)=O. The van der Waals surface area contributed by atoms with Crippen molar-refractivity contribution in [2.24, 2.45) is 11.7 Å². The number of aliphatic carboxylic acids is 1. The summed E-state index contributed by atoms with van der Waals surface area (Å²) in [6.45, 7) is 3.55. The summed E-state index contributed by atoms with van der Waals surface area (Å²) in [4.78, 5) is 22.0. The lowest BCUT2D eigenvalue weighted by Crippen LogP contribution is -2.21. The maximum atomic E-state index is 13.6. The predicted octanol–water partition coefficient (Wildman–Crippen LogP) is 2.62. The Morgan fingerprint density at radius 2 is 2.00 bits per heavy atom. The second-order valence-electron chi connectivity index (χ2n) is 5.24. The predicted molar refractivity (Wildman–Crippen MR) is 78.7 cm³/mol. The van der Waals surface area contributed by atoms with Gasteiger partial charge in [0, 0.05) is 6.04 Å². The molecule has 0 fully saturated rings. The Bertz CT molecular complexity index is 520. The van der Waals surface area contributed by atoms with Gasteiger partial charge in [0.2, 0.25) is 0 Å². The molecule has 0 heterocycles. The number of nitrogens with two attached hydrogens (primary N) is 1. The van der Waals surface area contributed by atoms with Gasteiger partial charge in [-0.3, -0.25) is 9.59 Å². The van der Waals surface area contributed by atoms with Gasteiger partial charge in [0.05, 0.1) is 17.2 Å². The van der Waals surface area contributed by atoms with Crippen LogP contribution in [0, 0.1) is 11.7 Å². The Labute approximate surface area is 123 Å².